The van der Waals surface area contributed by atoms with Crippen molar-refractivity contribution in [3.63, 3.8) is 0 Å². The normalized spacial score (nSPS) is 10.0. The molecule has 84 valence electrons. The zero-order chi connectivity index (χ0) is 12.4. The van der Waals surface area contributed by atoms with Gasteiger partial charge in [0.15, 0.2) is 0 Å². The summed E-state index contributed by atoms with van der Waals surface area (Å²) in [4.78, 5) is 0. The minimum absolute atomic E-state index is 0.128. The van der Waals surface area contributed by atoms with E-state index in [1.807, 2.05) is 6.92 Å². The molecule has 3 heteroatoms. The Morgan fingerprint density at radius 1 is 1.00 bits per heavy atom. The number of aryl methyl sites for hydroxylation is 1. The first kappa shape index (κ1) is 11.3. The van der Waals surface area contributed by atoms with Gasteiger partial charge in [-0.15, -0.1) is 0 Å². The van der Waals surface area contributed by atoms with E-state index >= 15 is 0 Å². The van der Waals surface area contributed by atoms with E-state index in [1.54, 1.807) is 24.3 Å². The van der Waals surface area contributed by atoms with Crippen LogP contribution < -0.4 is 0 Å². The number of benzene rings is 2. The first-order chi connectivity index (χ1) is 8.13. The quantitative estimate of drug-likeness (QED) is 0.729. The maximum Gasteiger partial charge on any atom is 0.141 e. The topological polar surface area (TPSA) is 23.8 Å². The van der Waals surface area contributed by atoms with Crippen molar-refractivity contribution in [3.8, 4) is 17.2 Å². The minimum atomic E-state index is -0.633. The second-order valence-corrected chi connectivity index (χ2v) is 3.76. The average Bonchev–Trinajstić information content (AvgIpc) is 2.32. The van der Waals surface area contributed by atoms with Crippen LogP contribution in [0.3, 0.4) is 0 Å². The third kappa shape index (κ3) is 2.02. The van der Waals surface area contributed by atoms with Crippen LogP contribution in [-0.2, 0) is 0 Å². The Balaban J connectivity index is 2.73. The lowest BCUT2D eigenvalue weighted by Gasteiger charge is -2.07. The molecule has 0 radical (unpaired) electrons. The monoisotopic (exact) mass is 229 g/mol. The molecule has 2 rings (SSSR count). The largest absolute Gasteiger partial charge is 0.206 e. The van der Waals surface area contributed by atoms with Crippen LogP contribution >= 0.6 is 0 Å². The third-order valence-corrected chi connectivity index (χ3v) is 2.54. The summed E-state index contributed by atoms with van der Waals surface area (Å²) < 4.78 is 27.1. The molecule has 0 aliphatic rings. The number of hydrogen-bond donors (Lipinski definition) is 0. The summed E-state index contributed by atoms with van der Waals surface area (Å²) in [6.07, 6.45) is 0. The van der Waals surface area contributed by atoms with Gasteiger partial charge in [-0.2, -0.15) is 5.26 Å². The second-order valence-electron chi connectivity index (χ2n) is 3.76. The Kier molecular flexibility index (Phi) is 2.88. The van der Waals surface area contributed by atoms with Crippen LogP contribution in [0.25, 0.3) is 11.1 Å². The van der Waals surface area contributed by atoms with Crippen molar-refractivity contribution in [2.45, 2.75) is 6.92 Å². The molecule has 0 aliphatic heterocycles. The molecule has 0 aromatic heterocycles. The van der Waals surface area contributed by atoms with Gasteiger partial charge in [0, 0.05) is 11.1 Å². The Labute approximate surface area is 97.9 Å². The van der Waals surface area contributed by atoms with E-state index in [-0.39, 0.29) is 16.7 Å². The Hall–Kier alpha value is -2.21. The maximum absolute atomic E-state index is 13.7. The molecule has 0 unspecified atom stereocenters. The predicted octanol–water partition coefficient (Wildman–Crippen LogP) is 3.81. The molecule has 0 spiro atoms. The molecule has 2 aromatic rings. The molecule has 1 nitrogen and oxygen atoms in total. The molecule has 0 saturated heterocycles. The van der Waals surface area contributed by atoms with Crippen LogP contribution in [0.4, 0.5) is 8.78 Å². The molecular weight excluding hydrogens is 220 g/mol. The standard InChI is InChI=1S/C14H9F2N/c1-9-5-6-14(16)11(7-9)10-3-2-4-13(15)12(10)8-17/h2-7H,1H3. The summed E-state index contributed by atoms with van der Waals surface area (Å²) in [5.41, 5.74) is 1.27. The smallest absolute Gasteiger partial charge is 0.141 e. The molecule has 0 saturated carbocycles. The van der Waals surface area contributed by atoms with Crippen LogP contribution in [0.5, 0.6) is 0 Å². The lowest BCUT2D eigenvalue weighted by Crippen LogP contribution is -1.92. The van der Waals surface area contributed by atoms with E-state index in [4.69, 9.17) is 5.26 Å². The van der Waals surface area contributed by atoms with Gasteiger partial charge in [-0.1, -0.05) is 23.8 Å². The van der Waals surface area contributed by atoms with Crippen molar-refractivity contribution < 1.29 is 8.78 Å². The number of hydrogen-bond acceptors (Lipinski definition) is 1. The molecule has 0 fully saturated rings. The van der Waals surface area contributed by atoms with Crippen LogP contribution in [0.15, 0.2) is 36.4 Å². The highest BCUT2D eigenvalue weighted by Crippen LogP contribution is 2.28. The molecule has 2 aromatic carbocycles. The molecule has 0 atom stereocenters. The van der Waals surface area contributed by atoms with E-state index in [0.29, 0.717) is 0 Å². The molecule has 17 heavy (non-hydrogen) atoms. The van der Waals surface area contributed by atoms with Gasteiger partial charge in [0.1, 0.15) is 17.7 Å². The van der Waals surface area contributed by atoms with Crippen LogP contribution in [0.2, 0.25) is 0 Å². The predicted molar refractivity (Wildman–Crippen MR) is 61.2 cm³/mol. The molecule has 0 N–H and O–H groups in total. The van der Waals surface area contributed by atoms with Gasteiger partial charge in [0.2, 0.25) is 0 Å². The molecule has 0 aliphatic carbocycles. The van der Waals surface area contributed by atoms with Crippen molar-refractivity contribution in [1.29, 1.82) is 5.26 Å². The van der Waals surface area contributed by atoms with Gasteiger partial charge in [-0.25, -0.2) is 8.78 Å². The summed E-state index contributed by atoms with van der Waals surface area (Å²) in [5, 5.41) is 8.91. The fraction of sp³-hybridized carbons (Fsp3) is 0.0714. The Bertz CT molecular complexity index is 612. The van der Waals surface area contributed by atoms with Gasteiger partial charge in [0.25, 0.3) is 0 Å². The van der Waals surface area contributed by atoms with E-state index in [9.17, 15) is 8.78 Å². The number of nitriles is 1. The first-order valence-electron chi connectivity index (χ1n) is 5.08. The SMILES string of the molecule is Cc1ccc(F)c(-c2cccc(F)c2C#N)c1. The zero-order valence-electron chi connectivity index (χ0n) is 9.17. The zero-order valence-corrected chi connectivity index (χ0v) is 9.17. The highest BCUT2D eigenvalue weighted by Gasteiger charge is 2.13. The van der Waals surface area contributed by atoms with E-state index in [2.05, 4.69) is 0 Å². The number of nitrogens with zero attached hydrogens (tertiary/aromatic N) is 1. The van der Waals surface area contributed by atoms with Crippen molar-refractivity contribution in [3.05, 3.63) is 59.2 Å². The lowest BCUT2D eigenvalue weighted by atomic mass is 9.98. The summed E-state index contributed by atoms with van der Waals surface area (Å²) in [6.45, 7) is 1.81. The number of halogens is 2. The van der Waals surface area contributed by atoms with Crippen LogP contribution in [0, 0.1) is 29.9 Å². The average molecular weight is 229 g/mol. The highest BCUT2D eigenvalue weighted by atomic mass is 19.1. The minimum Gasteiger partial charge on any atom is -0.206 e. The van der Waals surface area contributed by atoms with Crippen molar-refractivity contribution >= 4 is 0 Å². The fourth-order valence-corrected chi connectivity index (χ4v) is 1.71. The van der Waals surface area contributed by atoms with E-state index in [0.717, 1.165) is 5.56 Å². The fourth-order valence-electron chi connectivity index (χ4n) is 1.71. The van der Waals surface area contributed by atoms with E-state index in [1.165, 1.54) is 18.2 Å². The molecule has 0 amide bonds. The van der Waals surface area contributed by atoms with Crippen molar-refractivity contribution in [2.24, 2.45) is 0 Å². The highest BCUT2D eigenvalue weighted by molar-refractivity contribution is 5.71. The summed E-state index contributed by atoms with van der Waals surface area (Å²) in [7, 11) is 0. The van der Waals surface area contributed by atoms with Gasteiger partial charge in [-0.05, 0) is 25.1 Å². The lowest BCUT2D eigenvalue weighted by molar-refractivity contribution is 0.621. The van der Waals surface area contributed by atoms with Gasteiger partial charge < -0.3 is 0 Å². The molecule has 0 bridgehead atoms. The summed E-state index contributed by atoms with van der Waals surface area (Å²) in [6, 6.07) is 10.5. The first-order valence-corrected chi connectivity index (χ1v) is 5.08. The van der Waals surface area contributed by atoms with Gasteiger partial charge in [0.05, 0.1) is 5.56 Å². The Morgan fingerprint density at radius 2 is 1.76 bits per heavy atom. The van der Waals surface area contributed by atoms with Gasteiger partial charge in [-0.3, -0.25) is 0 Å². The van der Waals surface area contributed by atoms with Crippen molar-refractivity contribution in [1.82, 2.24) is 0 Å². The maximum atomic E-state index is 13.7. The molecule has 0 heterocycles. The summed E-state index contributed by atoms with van der Waals surface area (Å²) >= 11 is 0. The third-order valence-electron chi connectivity index (χ3n) is 2.54. The molecular formula is C14H9F2N. The number of rotatable bonds is 1. The van der Waals surface area contributed by atoms with Crippen LogP contribution in [-0.4, -0.2) is 0 Å². The van der Waals surface area contributed by atoms with Gasteiger partial charge >= 0.3 is 0 Å². The van der Waals surface area contributed by atoms with Crippen LogP contribution in [0.1, 0.15) is 11.1 Å². The van der Waals surface area contributed by atoms with Crippen molar-refractivity contribution in [2.75, 3.05) is 0 Å². The summed E-state index contributed by atoms with van der Waals surface area (Å²) in [5.74, 6) is -1.09. The van der Waals surface area contributed by atoms with E-state index < -0.39 is 11.6 Å². The Morgan fingerprint density at radius 3 is 2.47 bits per heavy atom. The second kappa shape index (κ2) is 4.34.